The molecule has 0 saturated heterocycles. The molecule has 1 aromatic heterocycles. The Kier molecular flexibility index (Phi) is 6.20. The van der Waals surface area contributed by atoms with Gasteiger partial charge >= 0.3 is 6.09 Å². The Hall–Kier alpha value is -1.14. The number of aromatic nitrogens is 1. The summed E-state index contributed by atoms with van der Waals surface area (Å²) in [6, 6.07) is 0.480. The molecule has 2 unspecified atom stereocenters. The lowest BCUT2D eigenvalue weighted by molar-refractivity contribution is 0.0517. The average Bonchev–Trinajstić information content (AvgIpc) is 3.06. The Morgan fingerprint density at radius 2 is 2.27 bits per heavy atom. The van der Waals surface area contributed by atoms with Crippen molar-refractivity contribution in [1.82, 2.24) is 15.6 Å². The third-order valence-corrected chi connectivity index (χ3v) is 4.47. The van der Waals surface area contributed by atoms with Crippen molar-refractivity contribution in [3.05, 3.63) is 16.6 Å². The van der Waals surface area contributed by atoms with E-state index in [-0.39, 0.29) is 6.09 Å². The number of ether oxygens (including phenoxy) is 1. The third kappa shape index (κ3) is 5.93. The van der Waals surface area contributed by atoms with Gasteiger partial charge in [-0.1, -0.05) is 6.42 Å². The highest BCUT2D eigenvalue weighted by atomic mass is 32.1. The van der Waals surface area contributed by atoms with Crippen LogP contribution in [0.4, 0.5) is 4.79 Å². The van der Waals surface area contributed by atoms with Gasteiger partial charge in [-0.15, -0.1) is 11.3 Å². The fraction of sp³-hybridized carbons (Fsp3) is 0.750. The minimum atomic E-state index is -0.440. The maximum Gasteiger partial charge on any atom is 0.407 e. The number of thiazole rings is 1. The van der Waals surface area contributed by atoms with Gasteiger partial charge in [0.1, 0.15) is 5.60 Å². The van der Waals surface area contributed by atoms with Crippen molar-refractivity contribution in [3.63, 3.8) is 0 Å². The summed E-state index contributed by atoms with van der Waals surface area (Å²) >= 11 is 1.64. The number of amides is 1. The monoisotopic (exact) mass is 325 g/mol. The second kappa shape index (κ2) is 7.92. The van der Waals surface area contributed by atoms with Gasteiger partial charge < -0.3 is 15.4 Å². The lowest BCUT2D eigenvalue weighted by Crippen LogP contribution is -2.41. The van der Waals surface area contributed by atoms with Crippen LogP contribution >= 0.6 is 11.3 Å². The Morgan fingerprint density at radius 3 is 2.95 bits per heavy atom. The van der Waals surface area contributed by atoms with E-state index < -0.39 is 5.60 Å². The number of alkyl carbamates (subject to hydrolysis) is 1. The lowest BCUT2D eigenvalue weighted by Gasteiger charge is -2.23. The zero-order valence-corrected chi connectivity index (χ0v) is 14.5. The first-order chi connectivity index (χ1) is 10.4. The molecule has 124 valence electrons. The standard InChI is InChI=1S/C16H27N3O2S/c1-16(2,3)21-15(20)18-9-12-5-4-6-14(12)17-8-7-13-10-22-11-19-13/h10-12,14,17H,4-9H2,1-3H3,(H,18,20). The van der Waals surface area contributed by atoms with E-state index in [9.17, 15) is 4.79 Å². The predicted molar refractivity (Wildman–Crippen MR) is 89.2 cm³/mol. The number of hydrogen-bond acceptors (Lipinski definition) is 5. The summed E-state index contributed by atoms with van der Waals surface area (Å²) in [5.74, 6) is 0.489. The molecule has 0 aromatic carbocycles. The number of rotatable bonds is 6. The summed E-state index contributed by atoms with van der Waals surface area (Å²) in [6.07, 6.45) is 4.20. The number of hydrogen-bond donors (Lipinski definition) is 2. The van der Waals surface area contributed by atoms with Crippen LogP contribution < -0.4 is 10.6 Å². The molecular formula is C16H27N3O2S. The first-order valence-corrected chi connectivity index (χ1v) is 8.95. The molecule has 2 rings (SSSR count). The van der Waals surface area contributed by atoms with Crippen LogP contribution in [0.5, 0.6) is 0 Å². The highest BCUT2D eigenvalue weighted by Gasteiger charge is 2.27. The molecule has 6 heteroatoms. The fourth-order valence-corrected chi connectivity index (χ4v) is 3.42. The molecule has 0 radical (unpaired) electrons. The predicted octanol–water partition coefficient (Wildman–Crippen LogP) is 2.97. The summed E-state index contributed by atoms with van der Waals surface area (Å²) in [7, 11) is 0. The summed E-state index contributed by atoms with van der Waals surface area (Å²) in [5.41, 5.74) is 2.59. The minimum Gasteiger partial charge on any atom is -0.444 e. The van der Waals surface area contributed by atoms with Crippen LogP contribution in [0.1, 0.15) is 45.7 Å². The molecule has 22 heavy (non-hydrogen) atoms. The Labute approximate surface area is 136 Å². The molecule has 0 bridgehead atoms. The van der Waals surface area contributed by atoms with Gasteiger partial charge in [-0.25, -0.2) is 9.78 Å². The van der Waals surface area contributed by atoms with Crippen LogP contribution in [0.25, 0.3) is 0 Å². The van der Waals surface area contributed by atoms with E-state index in [1.165, 1.54) is 12.8 Å². The quantitative estimate of drug-likeness (QED) is 0.844. The number of carbonyl (C=O) groups is 1. The van der Waals surface area contributed by atoms with Gasteiger partial charge in [0.2, 0.25) is 0 Å². The fourth-order valence-electron chi connectivity index (χ4n) is 2.83. The van der Waals surface area contributed by atoms with Gasteiger partial charge in [0.15, 0.2) is 0 Å². The van der Waals surface area contributed by atoms with Crippen molar-refractivity contribution in [1.29, 1.82) is 0 Å². The Bertz CT molecular complexity index is 456. The molecular weight excluding hydrogens is 298 g/mol. The van der Waals surface area contributed by atoms with Gasteiger partial charge in [0.05, 0.1) is 11.2 Å². The second-order valence-electron chi connectivity index (χ2n) is 6.86. The van der Waals surface area contributed by atoms with E-state index in [2.05, 4.69) is 21.0 Å². The second-order valence-corrected chi connectivity index (χ2v) is 7.58. The SMILES string of the molecule is CC(C)(C)OC(=O)NCC1CCCC1NCCc1cscn1. The Balaban J connectivity index is 1.68. The number of nitrogens with zero attached hydrogens (tertiary/aromatic N) is 1. The maximum absolute atomic E-state index is 11.7. The summed E-state index contributed by atoms with van der Waals surface area (Å²) in [5, 5.41) is 8.61. The average molecular weight is 325 g/mol. The van der Waals surface area contributed by atoms with Gasteiger partial charge in [-0.3, -0.25) is 0 Å². The summed E-state index contributed by atoms with van der Waals surface area (Å²) in [4.78, 5) is 16.0. The topological polar surface area (TPSA) is 63.2 Å². The number of carbonyl (C=O) groups excluding carboxylic acids is 1. The van der Waals surface area contributed by atoms with Crippen molar-refractivity contribution in [2.75, 3.05) is 13.1 Å². The smallest absolute Gasteiger partial charge is 0.407 e. The van der Waals surface area contributed by atoms with Crippen molar-refractivity contribution in [3.8, 4) is 0 Å². The summed E-state index contributed by atoms with van der Waals surface area (Å²) in [6.45, 7) is 7.27. The van der Waals surface area contributed by atoms with Gasteiger partial charge in [0, 0.05) is 30.9 Å². The van der Waals surface area contributed by atoms with E-state index in [1.54, 1.807) is 11.3 Å². The van der Waals surface area contributed by atoms with Gasteiger partial charge in [-0.2, -0.15) is 0 Å². The van der Waals surface area contributed by atoms with E-state index in [0.717, 1.165) is 25.1 Å². The van der Waals surface area contributed by atoms with Crippen molar-refractivity contribution >= 4 is 17.4 Å². The maximum atomic E-state index is 11.7. The zero-order chi connectivity index (χ0) is 16.0. The van der Waals surface area contributed by atoms with E-state index in [0.29, 0.717) is 18.5 Å². The molecule has 1 aliphatic rings. The molecule has 0 spiro atoms. The van der Waals surface area contributed by atoms with Crippen LogP contribution in [0, 0.1) is 5.92 Å². The zero-order valence-electron chi connectivity index (χ0n) is 13.7. The van der Waals surface area contributed by atoms with Crippen LogP contribution in [0.2, 0.25) is 0 Å². The molecule has 1 fully saturated rings. The lowest BCUT2D eigenvalue weighted by atomic mass is 10.0. The molecule has 1 aromatic rings. The van der Waals surface area contributed by atoms with Gasteiger partial charge in [0.25, 0.3) is 0 Å². The molecule has 1 saturated carbocycles. The first-order valence-electron chi connectivity index (χ1n) is 8.01. The number of nitrogens with one attached hydrogen (secondary N) is 2. The highest BCUT2D eigenvalue weighted by Crippen LogP contribution is 2.25. The van der Waals surface area contributed by atoms with Gasteiger partial charge in [-0.05, 0) is 39.5 Å². The Morgan fingerprint density at radius 1 is 1.45 bits per heavy atom. The molecule has 5 nitrogen and oxygen atoms in total. The van der Waals surface area contributed by atoms with Crippen LogP contribution in [0.15, 0.2) is 10.9 Å². The van der Waals surface area contributed by atoms with Crippen molar-refractivity contribution < 1.29 is 9.53 Å². The van der Waals surface area contributed by atoms with Crippen LogP contribution in [-0.4, -0.2) is 35.8 Å². The highest BCUT2D eigenvalue weighted by molar-refractivity contribution is 7.07. The molecule has 2 atom stereocenters. The minimum absolute atomic E-state index is 0.319. The normalized spacial score (nSPS) is 21.8. The van der Waals surface area contributed by atoms with Crippen molar-refractivity contribution in [2.24, 2.45) is 5.92 Å². The van der Waals surface area contributed by atoms with E-state index in [1.807, 2.05) is 26.3 Å². The van der Waals surface area contributed by atoms with Crippen LogP contribution in [0.3, 0.4) is 0 Å². The molecule has 2 N–H and O–H groups in total. The third-order valence-electron chi connectivity index (χ3n) is 3.84. The van der Waals surface area contributed by atoms with E-state index >= 15 is 0 Å². The first kappa shape index (κ1) is 17.2. The molecule has 1 aliphatic carbocycles. The molecule has 1 heterocycles. The van der Waals surface area contributed by atoms with E-state index in [4.69, 9.17) is 4.74 Å². The molecule has 1 amide bonds. The largest absolute Gasteiger partial charge is 0.444 e. The van der Waals surface area contributed by atoms with Crippen molar-refractivity contribution in [2.45, 2.75) is 58.1 Å². The summed E-state index contributed by atoms with van der Waals surface area (Å²) < 4.78 is 5.29. The molecule has 0 aliphatic heterocycles. The van der Waals surface area contributed by atoms with Crippen LogP contribution in [-0.2, 0) is 11.2 Å².